The molecular formula is C19H29N3O5S2. The van der Waals surface area contributed by atoms with Crippen molar-refractivity contribution in [1.82, 2.24) is 9.21 Å². The zero-order chi connectivity index (χ0) is 21.1. The summed E-state index contributed by atoms with van der Waals surface area (Å²) in [6.07, 6.45) is 4.01. The Labute approximate surface area is 173 Å². The van der Waals surface area contributed by atoms with Crippen molar-refractivity contribution in [2.75, 3.05) is 44.2 Å². The summed E-state index contributed by atoms with van der Waals surface area (Å²) in [5, 5.41) is 0. The first-order chi connectivity index (χ1) is 13.7. The van der Waals surface area contributed by atoms with Crippen molar-refractivity contribution in [1.29, 1.82) is 0 Å². The number of hydrogen-bond acceptors (Lipinski definition) is 6. The van der Waals surface area contributed by atoms with Crippen molar-refractivity contribution in [3.05, 3.63) is 29.3 Å². The topological polar surface area (TPSA) is 118 Å². The summed E-state index contributed by atoms with van der Waals surface area (Å²) in [5.74, 6) is -0.929. The van der Waals surface area contributed by atoms with Gasteiger partial charge in [0.1, 0.15) is 0 Å². The van der Waals surface area contributed by atoms with Crippen molar-refractivity contribution in [2.24, 2.45) is 5.73 Å². The second-order valence-corrected chi connectivity index (χ2v) is 12.0. The van der Waals surface area contributed by atoms with Crippen LogP contribution in [0.4, 0.5) is 0 Å². The number of piperazine rings is 1. The van der Waals surface area contributed by atoms with E-state index in [1.165, 1.54) is 9.87 Å². The highest BCUT2D eigenvalue weighted by Gasteiger charge is 2.29. The van der Waals surface area contributed by atoms with Gasteiger partial charge in [0.05, 0.1) is 16.4 Å². The molecule has 0 bridgehead atoms. The van der Waals surface area contributed by atoms with Gasteiger partial charge in [-0.1, -0.05) is 6.07 Å². The first kappa shape index (κ1) is 22.2. The maximum absolute atomic E-state index is 13.0. The second-order valence-electron chi connectivity index (χ2n) is 7.75. The number of carbonyl (C=O) groups is 1. The van der Waals surface area contributed by atoms with Crippen molar-refractivity contribution in [3.8, 4) is 0 Å². The molecule has 1 aliphatic heterocycles. The minimum Gasteiger partial charge on any atom is -0.370 e. The van der Waals surface area contributed by atoms with Crippen molar-refractivity contribution in [2.45, 2.75) is 37.0 Å². The van der Waals surface area contributed by atoms with Gasteiger partial charge in [-0.25, -0.2) is 16.8 Å². The zero-order valence-corrected chi connectivity index (χ0v) is 18.2. The average molecular weight is 444 g/mol. The minimum absolute atomic E-state index is 0.0577. The maximum atomic E-state index is 13.0. The lowest BCUT2D eigenvalue weighted by Gasteiger charge is -2.34. The summed E-state index contributed by atoms with van der Waals surface area (Å²) >= 11 is 0. The SMILES string of the molecule is NC(=O)CCS(=O)(=O)CCN1CCN(S(=O)(=O)c2ccc3c(c2)CCCC3)CC1. The molecule has 2 aliphatic rings. The summed E-state index contributed by atoms with van der Waals surface area (Å²) in [7, 11) is -6.89. The minimum atomic E-state index is -3.54. The molecule has 0 saturated carbocycles. The molecule has 162 valence electrons. The number of hydrogen-bond donors (Lipinski definition) is 1. The third-order valence-electron chi connectivity index (χ3n) is 5.67. The molecule has 1 aromatic rings. The van der Waals surface area contributed by atoms with E-state index in [0.29, 0.717) is 37.6 Å². The number of sulfone groups is 1. The van der Waals surface area contributed by atoms with Gasteiger partial charge in [-0.15, -0.1) is 0 Å². The van der Waals surface area contributed by atoms with Crippen molar-refractivity contribution < 1.29 is 21.6 Å². The number of benzene rings is 1. The average Bonchev–Trinajstić information content (AvgIpc) is 2.71. The maximum Gasteiger partial charge on any atom is 0.243 e. The van der Waals surface area contributed by atoms with Gasteiger partial charge in [0.25, 0.3) is 0 Å². The Morgan fingerprint density at radius 1 is 0.931 bits per heavy atom. The molecule has 0 radical (unpaired) electrons. The van der Waals surface area contributed by atoms with E-state index >= 15 is 0 Å². The molecule has 0 unspecified atom stereocenters. The fourth-order valence-corrected chi connectivity index (χ4v) is 6.57. The number of fused-ring (bicyclic) bond motifs is 1. The first-order valence-electron chi connectivity index (χ1n) is 10.0. The van der Waals surface area contributed by atoms with Gasteiger partial charge in [-0.05, 0) is 48.9 Å². The molecule has 0 atom stereocenters. The van der Waals surface area contributed by atoms with Crippen LogP contribution in [0.3, 0.4) is 0 Å². The molecule has 0 aromatic heterocycles. The largest absolute Gasteiger partial charge is 0.370 e. The van der Waals surface area contributed by atoms with Gasteiger partial charge in [0.15, 0.2) is 9.84 Å². The predicted molar refractivity (Wildman–Crippen MR) is 111 cm³/mol. The van der Waals surface area contributed by atoms with E-state index in [1.54, 1.807) is 6.07 Å². The summed E-state index contributed by atoms with van der Waals surface area (Å²) in [6, 6.07) is 5.47. The normalized spacial score (nSPS) is 19.0. The van der Waals surface area contributed by atoms with Crippen LogP contribution in [-0.4, -0.2) is 76.2 Å². The summed E-state index contributed by atoms with van der Waals surface area (Å²) in [5.41, 5.74) is 7.39. The molecule has 8 nitrogen and oxygen atoms in total. The lowest BCUT2D eigenvalue weighted by Crippen LogP contribution is -2.49. The first-order valence-corrected chi connectivity index (χ1v) is 13.3. The van der Waals surface area contributed by atoms with Crippen LogP contribution in [0, 0.1) is 0 Å². The van der Waals surface area contributed by atoms with Crippen molar-refractivity contribution in [3.63, 3.8) is 0 Å². The van der Waals surface area contributed by atoms with E-state index < -0.39 is 25.8 Å². The lowest BCUT2D eigenvalue weighted by atomic mass is 9.92. The van der Waals surface area contributed by atoms with E-state index in [2.05, 4.69) is 0 Å². The van der Waals surface area contributed by atoms with Crippen LogP contribution in [0.5, 0.6) is 0 Å². The van der Waals surface area contributed by atoms with Gasteiger partial charge in [-0.2, -0.15) is 4.31 Å². The standard InChI is InChI=1S/C19H29N3O5S2/c20-19(23)7-13-28(24,25)14-12-21-8-10-22(11-9-21)29(26,27)18-6-5-16-3-1-2-4-17(16)15-18/h5-6,15H,1-4,7-14H2,(H2,20,23). The number of sulfonamides is 1. The Morgan fingerprint density at radius 3 is 2.24 bits per heavy atom. The smallest absolute Gasteiger partial charge is 0.243 e. The fraction of sp³-hybridized carbons (Fsp3) is 0.632. The number of aryl methyl sites for hydroxylation is 2. The Bertz CT molecular complexity index is 952. The number of amides is 1. The highest BCUT2D eigenvalue weighted by molar-refractivity contribution is 7.91. The summed E-state index contributed by atoms with van der Waals surface area (Å²) < 4.78 is 51.4. The molecule has 2 N–H and O–H groups in total. The molecule has 1 aliphatic carbocycles. The van der Waals surface area contributed by atoms with Gasteiger partial charge in [0, 0.05) is 39.1 Å². The number of carbonyl (C=O) groups excluding carboxylic acids is 1. The quantitative estimate of drug-likeness (QED) is 0.612. The van der Waals surface area contributed by atoms with Crippen LogP contribution in [-0.2, 0) is 37.5 Å². The molecule has 1 amide bonds. The Balaban J connectivity index is 1.55. The third kappa shape index (κ3) is 5.78. The molecule has 1 aromatic carbocycles. The molecule has 1 heterocycles. The van der Waals surface area contributed by atoms with E-state index in [1.807, 2.05) is 17.0 Å². The zero-order valence-electron chi connectivity index (χ0n) is 16.5. The summed E-state index contributed by atoms with van der Waals surface area (Å²) in [4.78, 5) is 13.1. The highest BCUT2D eigenvalue weighted by atomic mass is 32.2. The molecule has 0 spiro atoms. The predicted octanol–water partition coefficient (Wildman–Crippen LogP) is 0.162. The third-order valence-corrected chi connectivity index (χ3v) is 9.19. The van der Waals surface area contributed by atoms with Gasteiger partial charge in [-0.3, -0.25) is 9.69 Å². The number of primary amides is 1. The second kappa shape index (κ2) is 9.11. The molecular weight excluding hydrogens is 414 g/mol. The van der Waals surface area contributed by atoms with Gasteiger partial charge in [0.2, 0.25) is 15.9 Å². The molecule has 29 heavy (non-hydrogen) atoms. The van der Waals surface area contributed by atoms with E-state index in [4.69, 9.17) is 5.73 Å². The highest BCUT2D eigenvalue weighted by Crippen LogP contribution is 2.26. The van der Waals surface area contributed by atoms with Crippen LogP contribution in [0.15, 0.2) is 23.1 Å². The van der Waals surface area contributed by atoms with Gasteiger partial charge >= 0.3 is 0 Å². The van der Waals surface area contributed by atoms with E-state index in [9.17, 15) is 21.6 Å². The van der Waals surface area contributed by atoms with Gasteiger partial charge < -0.3 is 5.73 Å². The molecule has 1 fully saturated rings. The van der Waals surface area contributed by atoms with Crippen molar-refractivity contribution >= 4 is 25.8 Å². The number of nitrogens with zero attached hydrogens (tertiary/aromatic N) is 2. The van der Waals surface area contributed by atoms with Crippen LogP contribution in [0.25, 0.3) is 0 Å². The van der Waals surface area contributed by atoms with Crippen LogP contribution in [0.2, 0.25) is 0 Å². The van der Waals surface area contributed by atoms with Crippen LogP contribution >= 0.6 is 0 Å². The fourth-order valence-electron chi connectivity index (χ4n) is 3.84. The molecule has 3 rings (SSSR count). The number of nitrogens with two attached hydrogens (primary N) is 1. The Hall–Kier alpha value is -1.49. The lowest BCUT2D eigenvalue weighted by molar-refractivity contribution is -0.117. The molecule has 10 heteroatoms. The Morgan fingerprint density at radius 2 is 1.59 bits per heavy atom. The number of rotatable bonds is 8. The van der Waals surface area contributed by atoms with Crippen LogP contribution in [0.1, 0.15) is 30.4 Å². The monoisotopic (exact) mass is 443 g/mol. The van der Waals surface area contributed by atoms with Crippen LogP contribution < -0.4 is 5.73 Å². The van der Waals surface area contributed by atoms with E-state index in [0.717, 1.165) is 31.2 Å². The van der Waals surface area contributed by atoms with E-state index in [-0.39, 0.29) is 17.9 Å². The molecule has 1 saturated heterocycles. The summed E-state index contributed by atoms with van der Waals surface area (Å²) in [6.45, 7) is 1.96. The Kier molecular flexibility index (Phi) is 6.98.